The largest absolute Gasteiger partial charge is 0.354 e. The molecule has 0 aliphatic heterocycles. The van der Waals surface area contributed by atoms with E-state index in [0.717, 1.165) is 21.2 Å². The van der Waals surface area contributed by atoms with Gasteiger partial charge in [-0.25, -0.2) is 0 Å². The van der Waals surface area contributed by atoms with Crippen molar-refractivity contribution in [2.45, 2.75) is 46.7 Å². The van der Waals surface area contributed by atoms with Gasteiger partial charge < -0.3 is 10.2 Å². The summed E-state index contributed by atoms with van der Waals surface area (Å²) < 4.78 is 0.983. The highest BCUT2D eigenvalue weighted by atomic mass is 79.9. The Morgan fingerprint density at radius 1 is 1.04 bits per heavy atom. The lowest BCUT2D eigenvalue weighted by molar-refractivity contribution is -0.140. The molecule has 1 N–H and O–H groups in total. The Labute approximate surface area is 176 Å². The first-order valence-corrected chi connectivity index (χ1v) is 10.4. The van der Waals surface area contributed by atoms with Gasteiger partial charge in [0.05, 0.1) is 6.42 Å². The molecule has 2 aromatic carbocycles. The molecule has 0 saturated carbocycles. The van der Waals surface area contributed by atoms with Gasteiger partial charge in [0, 0.05) is 17.6 Å². The van der Waals surface area contributed by atoms with E-state index in [1.54, 1.807) is 11.8 Å². The normalized spacial score (nSPS) is 11.9. The van der Waals surface area contributed by atoms with Gasteiger partial charge in [-0.2, -0.15) is 0 Å². The van der Waals surface area contributed by atoms with Gasteiger partial charge in [0.1, 0.15) is 6.04 Å². The zero-order valence-electron chi connectivity index (χ0n) is 17.0. The second kappa shape index (κ2) is 10.4. The average Bonchev–Trinajstić information content (AvgIpc) is 2.65. The molecule has 0 saturated heterocycles. The van der Waals surface area contributed by atoms with Crippen LogP contribution in [0.25, 0.3) is 0 Å². The van der Waals surface area contributed by atoms with E-state index in [1.165, 1.54) is 0 Å². The molecule has 1 atom stereocenters. The van der Waals surface area contributed by atoms with E-state index in [2.05, 4.69) is 21.2 Å². The number of aryl methyl sites for hydroxylation is 1. The van der Waals surface area contributed by atoms with Crippen LogP contribution in [-0.2, 0) is 22.6 Å². The Balaban J connectivity index is 2.19. The summed E-state index contributed by atoms with van der Waals surface area (Å²) in [5, 5.41) is 2.94. The molecule has 4 nitrogen and oxygen atoms in total. The van der Waals surface area contributed by atoms with Crippen LogP contribution in [0.1, 0.15) is 37.5 Å². The minimum atomic E-state index is -0.542. The Morgan fingerprint density at radius 2 is 1.71 bits per heavy atom. The number of nitrogens with one attached hydrogen (secondary N) is 1. The molecule has 2 rings (SSSR count). The highest BCUT2D eigenvalue weighted by Crippen LogP contribution is 2.16. The first-order valence-electron chi connectivity index (χ1n) is 9.63. The van der Waals surface area contributed by atoms with Gasteiger partial charge in [0.2, 0.25) is 11.8 Å². The van der Waals surface area contributed by atoms with Crippen molar-refractivity contribution < 1.29 is 9.59 Å². The molecule has 0 aliphatic carbocycles. The molecule has 0 spiro atoms. The lowest BCUT2D eigenvalue weighted by Crippen LogP contribution is -2.48. The Morgan fingerprint density at radius 3 is 2.32 bits per heavy atom. The lowest BCUT2D eigenvalue weighted by Gasteiger charge is -2.29. The Hall–Kier alpha value is -2.14. The highest BCUT2D eigenvalue weighted by Gasteiger charge is 2.26. The molecular weight excluding hydrogens is 416 g/mol. The number of benzene rings is 2. The number of carbonyl (C=O) groups is 2. The fourth-order valence-electron chi connectivity index (χ4n) is 2.92. The molecule has 2 aromatic rings. The zero-order chi connectivity index (χ0) is 20.7. The van der Waals surface area contributed by atoms with Crippen LogP contribution in [0, 0.1) is 12.8 Å². The van der Waals surface area contributed by atoms with E-state index >= 15 is 0 Å². The van der Waals surface area contributed by atoms with Gasteiger partial charge in [-0.15, -0.1) is 0 Å². The summed E-state index contributed by atoms with van der Waals surface area (Å²) in [6.45, 7) is 8.90. The summed E-state index contributed by atoms with van der Waals surface area (Å²) >= 11 is 3.43. The Bertz CT molecular complexity index is 803. The molecule has 2 amide bonds. The van der Waals surface area contributed by atoms with Crippen molar-refractivity contribution in [1.82, 2.24) is 10.2 Å². The second-order valence-electron chi connectivity index (χ2n) is 7.63. The lowest BCUT2D eigenvalue weighted by atomic mass is 10.1. The minimum absolute atomic E-state index is 0.0549. The summed E-state index contributed by atoms with van der Waals surface area (Å²) in [4.78, 5) is 27.4. The quantitative estimate of drug-likeness (QED) is 0.651. The van der Waals surface area contributed by atoms with Gasteiger partial charge in [-0.1, -0.05) is 71.7 Å². The van der Waals surface area contributed by atoms with Crippen LogP contribution in [-0.4, -0.2) is 29.3 Å². The van der Waals surface area contributed by atoms with Crippen molar-refractivity contribution in [2.75, 3.05) is 6.54 Å². The molecule has 0 bridgehead atoms. The number of amides is 2. The number of hydrogen-bond donors (Lipinski definition) is 1. The smallest absolute Gasteiger partial charge is 0.242 e. The molecule has 0 aliphatic rings. The SMILES string of the molecule is Cc1cccc(CC(=O)N(Cc2ccc(Br)cc2)[C@H](C)C(=O)NCC(C)C)c1. The van der Waals surface area contributed by atoms with Crippen LogP contribution in [0.4, 0.5) is 0 Å². The van der Waals surface area contributed by atoms with Gasteiger partial charge in [-0.05, 0) is 43.0 Å². The fraction of sp³-hybridized carbons (Fsp3) is 0.391. The number of nitrogens with zero attached hydrogens (tertiary/aromatic N) is 1. The minimum Gasteiger partial charge on any atom is -0.354 e. The van der Waals surface area contributed by atoms with Crippen molar-refractivity contribution >= 4 is 27.7 Å². The van der Waals surface area contributed by atoms with Gasteiger partial charge in [0.15, 0.2) is 0 Å². The highest BCUT2D eigenvalue weighted by molar-refractivity contribution is 9.10. The van der Waals surface area contributed by atoms with Crippen LogP contribution in [0.5, 0.6) is 0 Å². The van der Waals surface area contributed by atoms with Crippen LogP contribution in [0.3, 0.4) is 0 Å². The van der Waals surface area contributed by atoms with E-state index in [9.17, 15) is 9.59 Å². The van der Waals surface area contributed by atoms with Crippen LogP contribution < -0.4 is 5.32 Å². The number of halogens is 1. The summed E-state index contributed by atoms with van der Waals surface area (Å²) in [7, 11) is 0. The third-order valence-corrected chi connectivity index (χ3v) is 5.08. The fourth-order valence-corrected chi connectivity index (χ4v) is 3.18. The maximum absolute atomic E-state index is 13.1. The molecule has 0 aromatic heterocycles. The molecule has 0 radical (unpaired) electrons. The van der Waals surface area contributed by atoms with Crippen molar-refractivity contribution in [3.05, 3.63) is 69.7 Å². The predicted octanol–water partition coefficient (Wildman–Crippen LogP) is 4.49. The van der Waals surface area contributed by atoms with E-state index in [0.29, 0.717) is 19.0 Å². The zero-order valence-corrected chi connectivity index (χ0v) is 18.6. The van der Waals surface area contributed by atoms with Gasteiger partial charge in [0.25, 0.3) is 0 Å². The molecule has 0 fully saturated rings. The van der Waals surface area contributed by atoms with Crippen molar-refractivity contribution in [3.8, 4) is 0 Å². The molecule has 0 unspecified atom stereocenters. The van der Waals surface area contributed by atoms with E-state index in [-0.39, 0.29) is 18.2 Å². The molecule has 28 heavy (non-hydrogen) atoms. The third-order valence-electron chi connectivity index (χ3n) is 4.56. The van der Waals surface area contributed by atoms with E-state index < -0.39 is 6.04 Å². The van der Waals surface area contributed by atoms with Crippen molar-refractivity contribution in [1.29, 1.82) is 0 Å². The van der Waals surface area contributed by atoms with Crippen LogP contribution in [0.2, 0.25) is 0 Å². The molecule has 0 heterocycles. The predicted molar refractivity (Wildman–Crippen MR) is 117 cm³/mol. The summed E-state index contributed by atoms with van der Waals surface area (Å²) in [6.07, 6.45) is 0.278. The molecule has 5 heteroatoms. The summed E-state index contributed by atoms with van der Waals surface area (Å²) in [5.41, 5.74) is 3.07. The van der Waals surface area contributed by atoms with E-state index in [1.807, 2.05) is 69.3 Å². The van der Waals surface area contributed by atoms with Crippen LogP contribution in [0.15, 0.2) is 53.0 Å². The standard InChI is InChI=1S/C23H29BrN2O2/c1-16(2)14-25-23(28)18(4)26(15-19-8-10-21(24)11-9-19)22(27)13-20-7-5-6-17(3)12-20/h5-12,16,18H,13-15H2,1-4H3,(H,25,28)/t18-/m1/s1. The molecular formula is C23H29BrN2O2. The van der Waals surface area contributed by atoms with Gasteiger partial charge >= 0.3 is 0 Å². The van der Waals surface area contributed by atoms with E-state index in [4.69, 9.17) is 0 Å². The summed E-state index contributed by atoms with van der Waals surface area (Å²) in [5.74, 6) is 0.184. The maximum Gasteiger partial charge on any atom is 0.242 e. The first-order chi connectivity index (χ1) is 13.3. The number of rotatable bonds is 8. The van der Waals surface area contributed by atoms with Gasteiger partial charge in [-0.3, -0.25) is 9.59 Å². The number of hydrogen-bond acceptors (Lipinski definition) is 2. The Kier molecular flexibility index (Phi) is 8.24. The molecule has 150 valence electrons. The van der Waals surface area contributed by atoms with Crippen molar-refractivity contribution in [2.24, 2.45) is 5.92 Å². The summed E-state index contributed by atoms with van der Waals surface area (Å²) in [6, 6.07) is 15.2. The average molecular weight is 445 g/mol. The topological polar surface area (TPSA) is 49.4 Å². The monoisotopic (exact) mass is 444 g/mol. The first kappa shape index (κ1) is 22.2. The van der Waals surface area contributed by atoms with Crippen molar-refractivity contribution in [3.63, 3.8) is 0 Å². The van der Waals surface area contributed by atoms with Crippen LogP contribution >= 0.6 is 15.9 Å². The maximum atomic E-state index is 13.1. The number of carbonyl (C=O) groups excluding carboxylic acids is 2. The second-order valence-corrected chi connectivity index (χ2v) is 8.54. The third kappa shape index (κ3) is 6.79.